The van der Waals surface area contributed by atoms with Crippen molar-refractivity contribution in [3.63, 3.8) is 0 Å². The second-order valence-electron chi connectivity index (χ2n) is 6.13. The van der Waals surface area contributed by atoms with Crippen LogP contribution in [0.2, 0.25) is 0 Å². The molecule has 2 aromatic rings. The van der Waals surface area contributed by atoms with Crippen molar-refractivity contribution >= 4 is 0 Å². The molecule has 1 aliphatic rings. The highest BCUT2D eigenvalue weighted by Crippen LogP contribution is 2.36. The highest BCUT2D eigenvalue weighted by molar-refractivity contribution is 5.49. The van der Waals surface area contributed by atoms with Crippen LogP contribution >= 0.6 is 0 Å². The van der Waals surface area contributed by atoms with E-state index in [-0.39, 0.29) is 0 Å². The maximum atomic E-state index is 5.48. The molecule has 0 spiro atoms. The van der Waals surface area contributed by atoms with E-state index in [9.17, 15) is 0 Å². The third-order valence-electron chi connectivity index (χ3n) is 4.77. The number of benzene rings is 2. The molecule has 1 atom stereocenters. The van der Waals surface area contributed by atoms with E-state index in [1.807, 2.05) is 0 Å². The Labute approximate surface area is 138 Å². The lowest BCUT2D eigenvalue weighted by molar-refractivity contribution is 0.351. The van der Waals surface area contributed by atoms with E-state index in [4.69, 9.17) is 9.47 Å². The molecule has 23 heavy (non-hydrogen) atoms. The summed E-state index contributed by atoms with van der Waals surface area (Å²) in [6.45, 7) is 3.20. The molecule has 0 saturated heterocycles. The van der Waals surface area contributed by atoms with Crippen molar-refractivity contribution in [2.45, 2.75) is 32.2 Å². The first-order chi connectivity index (χ1) is 11.2. The van der Waals surface area contributed by atoms with Crippen LogP contribution in [0.3, 0.4) is 0 Å². The lowest BCUT2D eigenvalue weighted by Gasteiger charge is -2.28. The molecule has 1 heterocycles. The number of fused-ring (bicyclic) bond motifs is 1. The molecule has 1 N–H and O–H groups in total. The first-order valence-electron chi connectivity index (χ1n) is 8.25. The van der Waals surface area contributed by atoms with Gasteiger partial charge in [0.25, 0.3) is 0 Å². The summed E-state index contributed by atoms with van der Waals surface area (Å²) in [4.78, 5) is 0. The minimum atomic E-state index is 0.373. The van der Waals surface area contributed by atoms with E-state index in [2.05, 4.69) is 48.6 Å². The Kier molecular flexibility index (Phi) is 4.87. The van der Waals surface area contributed by atoms with Gasteiger partial charge in [0.1, 0.15) is 0 Å². The van der Waals surface area contributed by atoms with E-state index in [1.165, 1.54) is 22.3 Å². The maximum absolute atomic E-state index is 5.48. The quantitative estimate of drug-likeness (QED) is 0.910. The van der Waals surface area contributed by atoms with Gasteiger partial charge >= 0.3 is 0 Å². The van der Waals surface area contributed by atoms with Gasteiger partial charge in [0.15, 0.2) is 11.5 Å². The molecule has 0 radical (unpaired) electrons. The number of methoxy groups -OCH3 is 2. The number of nitrogens with one attached hydrogen (secondary N) is 1. The van der Waals surface area contributed by atoms with Crippen LogP contribution < -0.4 is 14.8 Å². The molecule has 0 amide bonds. The second kappa shape index (κ2) is 7.05. The van der Waals surface area contributed by atoms with E-state index >= 15 is 0 Å². The monoisotopic (exact) mass is 311 g/mol. The normalized spacial score (nSPS) is 16.7. The number of hydrogen-bond acceptors (Lipinski definition) is 3. The van der Waals surface area contributed by atoms with Gasteiger partial charge in [0, 0.05) is 6.04 Å². The van der Waals surface area contributed by atoms with Gasteiger partial charge in [-0.2, -0.15) is 0 Å². The SMILES string of the molecule is COc1cc2c(cc1OC)C(CCc1ccccc1C)NCC2. The van der Waals surface area contributed by atoms with Gasteiger partial charge in [-0.15, -0.1) is 0 Å². The predicted octanol–water partition coefficient (Wildman–Crippen LogP) is 3.83. The van der Waals surface area contributed by atoms with Crippen molar-refractivity contribution in [2.75, 3.05) is 20.8 Å². The number of rotatable bonds is 5. The van der Waals surface area contributed by atoms with E-state index in [1.54, 1.807) is 14.2 Å². The van der Waals surface area contributed by atoms with Gasteiger partial charge in [-0.3, -0.25) is 0 Å². The van der Waals surface area contributed by atoms with Gasteiger partial charge in [-0.1, -0.05) is 24.3 Å². The van der Waals surface area contributed by atoms with Crippen molar-refractivity contribution in [3.8, 4) is 11.5 Å². The Hall–Kier alpha value is -2.00. The fourth-order valence-electron chi connectivity index (χ4n) is 3.42. The molecule has 2 aromatic carbocycles. The highest BCUT2D eigenvalue weighted by Gasteiger charge is 2.22. The molecule has 3 rings (SSSR count). The van der Waals surface area contributed by atoms with E-state index in [0.29, 0.717) is 6.04 Å². The van der Waals surface area contributed by atoms with Crippen molar-refractivity contribution in [2.24, 2.45) is 0 Å². The lowest BCUT2D eigenvalue weighted by atomic mass is 9.89. The first-order valence-corrected chi connectivity index (χ1v) is 8.25. The Bertz CT molecular complexity index is 681. The number of ether oxygens (including phenoxy) is 2. The minimum absolute atomic E-state index is 0.373. The average molecular weight is 311 g/mol. The maximum Gasteiger partial charge on any atom is 0.161 e. The number of aryl methyl sites for hydroxylation is 2. The summed E-state index contributed by atoms with van der Waals surface area (Å²) in [6.07, 6.45) is 3.21. The highest BCUT2D eigenvalue weighted by atomic mass is 16.5. The molecule has 0 saturated carbocycles. The summed E-state index contributed by atoms with van der Waals surface area (Å²) < 4.78 is 10.9. The summed E-state index contributed by atoms with van der Waals surface area (Å²) >= 11 is 0. The fraction of sp³-hybridized carbons (Fsp3) is 0.400. The topological polar surface area (TPSA) is 30.5 Å². The van der Waals surface area contributed by atoms with Crippen molar-refractivity contribution < 1.29 is 9.47 Å². The smallest absolute Gasteiger partial charge is 0.161 e. The Morgan fingerprint density at radius 2 is 1.83 bits per heavy atom. The van der Waals surface area contributed by atoms with Crippen LogP contribution in [0.15, 0.2) is 36.4 Å². The summed E-state index contributed by atoms with van der Waals surface area (Å²) in [6, 6.07) is 13.3. The number of hydrogen-bond donors (Lipinski definition) is 1. The van der Waals surface area contributed by atoms with Crippen molar-refractivity contribution in [1.82, 2.24) is 5.32 Å². The van der Waals surface area contributed by atoms with Crippen LogP contribution in [0.4, 0.5) is 0 Å². The zero-order valence-electron chi connectivity index (χ0n) is 14.2. The molecule has 0 bridgehead atoms. The molecule has 3 nitrogen and oxygen atoms in total. The zero-order chi connectivity index (χ0) is 16.2. The molecular weight excluding hydrogens is 286 g/mol. The molecule has 1 unspecified atom stereocenters. The Morgan fingerprint density at radius 3 is 2.57 bits per heavy atom. The molecular formula is C20H25NO2. The van der Waals surface area contributed by atoms with Gasteiger partial charge in [0.2, 0.25) is 0 Å². The molecule has 122 valence electrons. The summed E-state index contributed by atoms with van der Waals surface area (Å²) in [5.41, 5.74) is 5.52. The van der Waals surface area contributed by atoms with Crippen LogP contribution in [0, 0.1) is 6.92 Å². The third kappa shape index (κ3) is 3.35. The standard InChI is InChI=1S/C20H25NO2/c1-14-6-4-5-7-15(14)8-9-18-17-13-20(23-3)19(22-2)12-16(17)10-11-21-18/h4-7,12-13,18,21H,8-11H2,1-3H3. The van der Waals surface area contributed by atoms with E-state index < -0.39 is 0 Å². The van der Waals surface area contributed by atoms with Gasteiger partial charge in [-0.25, -0.2) is 0 Å². The molecule has 1 aliphatic heterocycles. The Morgan fingerprint density at radius 1 is 1.09 bits per heavy atom. The first kappa shape index (κ1) is 15.9. The van der Waals surface area contributed by atoms with Gasteiger partial charge in [0.05, 0.1) is 14.2 Å². The van der Waals surface area contributed by atoms with Crippen LogP contribution in [0.25, 0.3) is 0 Å². The van der Waals surface area contributed by atoms with E-state index in [0.717, 1.165) is 37.3 Å². The molecule has 0 aliphatic carbocycles. The lowest BCUT2D eigenvalue weighted by Crippen LogP contribution is -2.30. The molecule has 3 heteroatoms. The fourth-order valence-corrected chi connectivity index (χ4v) is 3.42. The van der Waals surface area contributed by atoms with Gasteiger partial charge in [-0.05, 0) is 67.1 Å². The largest absolute Gasteiger partial charge is 0.493 e. The Balaban J connectivity index is 1.82. The van der Waals surface area contributed by atoms with Crippen LogP contribution in [-0.2, 0) is 12.8 Å². The zero-order valence-corrected chi connectivity index (χ0v) is 14.2. The predicted molar refractivity (Wildman–Crippen MR) is 93.5 cm³/mol. The van der Waals surface area contributed by atoms with Gasteiger partial charge < -0.3 is 14.8 Å². The molecule has 0 fully saturated rings. The molecule has 0 aromatic heterocycles. The second-order valence-corrected chi connectivity index (χ2v) is 6.13. The van der Waals surface area contributed by atoms with Crippen molar-refractivity contribution in [1.29, 1.82) is 0 Å². The van der Waals surface area contributed by atoms with Crippen molar-refractivity contribution in [3.05, 3.63) is 58.7 Å². The third-order valence-corrected chi connectivity index (χ3v) is 4.77. The van der Waals surface area contributed by atoms with Crippen LogP contribution in [0.5, 0.6) is 11.5 Å². The van der Waals surface area contributed by atoms with Crippen LogP contribution in [-0.4, -0.2) is 20.8 Å². The summed E-state index contributed by atoms with van der Waals surface area (Å²) in [5, 5.41) is 3.66. The minimum Gasteiger partial charge on any atom is -0.493 e. The van der Waals surface area contributed by atoms with Crippen LogP contribution in [0.1, 0.15) is 34.7 Å². The summed E-state index contributed by atoms with van der Waals surface area (Å²) in [7, 11) is 3.39. The summed E-state index contributed by atoms with van der Waals surface area (Å²) in [5.74, 6) is 1.64. The average Bonchev–Trinajstić information content (AvgIpc) is 2.59.